The molecule has 0 fully saturated rings. The van der Waals surface area contributed by atoms with Crippen molar-refractivity contribution in [1.29, 1.82) is 0 Å². The summed E-state index contributed by atoms with van der Waals surface area (Å²) < 4.78 is 5.36. The van der Waals surface area contributed by atoms with Crippen LogP contribution in [0.4, 0.5) is 5.69 Å². The molecule has 4 heteroatoms. The van der Waals surface area contributed by atoms with Gasteiger partial charge in [0, 0.05) is 23.9 Å². The normalized spacial score (nSPS) is 11.8. The zero-order valence-electron chi connectivity index (χ0n) is 12.5. The highest BCUT2D eigenvalue weighted by atomic mass is 16.5. The first kappa shape index (κ1) is 14.9. The van der Waals surface area contributed by atoms with Crippen molar-refractivity contribution < 1.29 is 9.53 Å². The minimum Gasteiger partial charge on any atom is -0.496 e. The molecule has 0 aliphatic carbocycles. The lowest BCUT2D eigenvalue weighted by atomic mass is 10.0. The van der Waals surface area contributed by atoms with Crippen LogP contribution in [0, 0.1) is 0 Å². The Morgan fingerprint density at radius 2 is 1.90 bits per heavy atom. The molecule has 2 aromatic rings. The second-order valence-electron chi connectivity index (χ2n) is 4.96. The van der Waals surface area contributed by atoms with Gasteiger partial charge in [-0.05, 0) is 31.2 Å². The van der Waals surface area contributed by atoms with Crippen LogP contribution in [0.15, 0.2) is 48.5 Å². The number of nitrogens with zero attached hydrogens (tertiary/aromatic N) is 1. The van der Waals surface area contributed by atoms with Crippen molar-refractivity contribution >= 4 is 11.6 Å². The molecule has 0 saturated carbocycles. The lowest BCUT2D eigenvalue weighted by Gasteiger charge is -2.26. The molecular formula is C17H20N2O2. The van der Waals surface area contributed by atoms with Crippen molar-refractivity contribution in [3.63, 3.8) is 0 Å². The van der Waals surface area contributed by atoms with Gasteiger partial charge in [0.2, 0.25) is 0 Å². The number of nitrogens with two attached hydrogens (primary N) is 1. The van der Waals surface area contributed by atoms with Crippen molar-refractivity contribution in [2.45, 2.75) is 13.0 Å². The minimum atomic E-state index is -0.102. The maximum atomic E-state index is 12.5. The molecule has 0 aliphatic heterocycles. The highest BCUT2D eigenvalue weighted by molar-refractivity contribution is 5.95. The van der Waals surface area contributed by atoms with Crippen LogP contribution in [-0.4, -0.2) is 25.0 Å². The number of benzene rings is 2. The van der Waals surface area contributed by atoms with E-state index in [0.29, 0.717) is 11.3 Å². The molecule has 0 heterocycles. The molecule has 0 radical (unpaired) electrons. The van der Waals surface area contributed by atoms with Crippen LogP contribution in [0.25, 0.3) is 0 Å². The molecular weight excluding hydrogens is 264 g/mol. The smallest absolute Gasteiger partial charge is 0.254 e. The number of amides is 1. The summed E-state index contributed by atoms with van der Waals surface area (Å²) in [5.74, 6) is 0.706. The maximum absolute atomic E-state index is 12.5. The van der Waals surface area contributed by atoms with Crippen LogP contribution < -0.4 is 10.5 Å². The Hall–Kier alpha value is -2.49. The van der Waals surface area contributed by atoms with Gasteiger partial charge < -0.3 is 15.4 Å². The van der Waals surface area contributed by atoms with E-state index in [9.17, 15) is 4.79 Å². The molecule has 1 unspecified atom stereocenters. The summed E-state index contributed by atoms with van der Waals surface area (Å²) in [4.78, 5) is 14.2. The number of anilines is 1. The Bertz CT molecular complexity index is 640. The summed E-state index contributed by atoms with van der Waals surface area (Å²) in [6, 6.07) is 14.6. The lowest BCUT2D eigenvalue weighted by molar-refractivity contribution is 0.0741. The Balaban J connectivity index is 2.26. The fraction of sp³-hybridized carbons (Fsp3) is 0.235. The van der Waals surface area contributed by atoms with Crippen molar-refractivity contribution in [1.82, 2.24) is 4.90 Å². The summed E-state index contributed by atoms with van der Waals surface area (Å²) in [6.07, 6.45) is 0. The molecule has 0 saturated heterocycles. The Kier molecular flexibility index (Phi) is 4.48. The van der Waals surface area contributed by atoms with E-state index >= 15 is 0 Å². The fourth-order valence-electron chi connectivity index (χ4n) is 2.27. The molecule has 110 valence electrons. The van der Waals surface area contributed by atoms with Crippen LogP contribution in [-0.2, 0) is 0 Å². The molecule has 21 heavy (non-hydrogen) atoms. The third-order valence-corrected chi connectivity index (χ3v) is 3.62. The van der Waals surface area contributed by atoms with Gasteiger partial charge in [-0.1, -0.05) is 24.3 Å². The summed E-state index contributed by atoms with van der Waals surface area (Å²) in [5.41, 5.74) is 7.88. The van der Waals surface area contributed by atoms with Crippen molar-refractivity contribution in [2.75, 3.05) is 19.9 Å². The average molecular weight is 284 g/mol. The number of carbonyl (C=O) groups excluding carboxylic acids is 1. The van der Waals surface area contributed by atoms with Crippen LogP contribution >= 0.6 is 0 Å². The average Bonchev–Trinajstić information content (AvgIpc) is 2.52. The Morgan fingerprint density at radius 1 is 1.19 bits per heavy atom. The summed E-state index contributed by atoms with van der Waals surface area (Å²) in [7, 11) is 3.41. The van der Waals surface area contributed by atoms with E-state index in [0.717, 1.165) is 11.3 Å². The second-order valence-corrected chi connectivity index (χ2v) is 4.96. The molecule has 2 N–H and O–H groups in total. The third kappa shape index (κ3) is 3.16. The molecule has 1 atom stereocenters. The summed E-state index contributed by atoms with van der Waals surface area (Å²) in [5, 5.41) is 0. The predicted octanol–water partition coefficient (Wildman–Crippen LogP) is 3.11. The molecule has 0 aromatic heterocycles. The van der Waals surface area contributed by atoms with Crippen LogP contribution in [0.1, 0.15) is 28.9 Å². The van der Waals surface area contributed by atoms with Crippen molar-refractivity contribution in [3.05, 3.63) is 59.7 Å². The number of hydrogen-bond acceptors (Lipinski definition) is 3. The van der Waals surface area contributed by atoms with Gasteiger partial charge in [-0.25, -0.2) is 0 Å². The maximum Gasteiger partial charge on any atom is 0.254 e. The molecule has 0 spiro atoms. The molecule has 2 aromatic carbocycles. The lowest BCUT2D eigenvalue weighted by Crippen LogP contribution is -2.29. The van der Waals surface area contributed by atoms with Gasteiger partial charge in [0.15, 0.2) is 0 Å². The van der Waals surface area contributed by atoms with Crippen molar-refractivity contribution in [2.24, 2.45) is 0 Å². The largest absolute Gasteiger partial charge is 0.496 e. The zero-order chi connectivity index (χ0) is 15.4. The van der Waals surface area contributed by atoms with Gasteiger partial charge in [0.05, 0.1) is 13.2 Å². The van der Waals surface area contributed by atoms with E-state index in [2.05, 4.69) is 0 Å². The number of methoxy groups -OCH3 is 1. The summed E-state index contributed by atoms with van der Waals surface area (Å²) >= 11 is 0. The van der Waals surface area contributed by atoms with Gasteiger partial charge in [-0.15, -0.1) is 0 Å². The molecule has 4 nitrogen and oxygen atoms in total. The standard InChI is InChI=1S/C17H20N2O2/c1-12(15-9-4-5-10-16(15)21-3)19(2)17(20)13-7-6-8-14(18)11-13/h4-12H,18H2,1-3H3. The number of nitrogen functional groups attached to an aromatic ring is 1. The van der Waals surface area contributed by atoms with Gasteiger partial charge in [0.1, 0.15) is 5.75 Å². The first-order valence-corrected chi connectivity index (χ1v) is 6.80. The fourth-order valence-corrected chi connectivity index (χ4v) is 2.27. The van der Waals surface area contributed by atoms with E-state index in [1.807, 2.05) is 31.2 Å². The van der Waals surface area contributed by atoms with Crippen molar-refractivity contribution in [3.8, 4) is 5.75 Å². The second kappa shape index (κ2) is 6.31. The van der Waals surface area contributed by atoms with E-state index in [4.69, 9.17) is 10.5 Å². The zero-order valence-corrected chi connectivity index (χ0v) is 12.5. The highest BCUT2D eigenvalue weighted by Crippen LogP contribution is 2.29. The van der Waals surface area contributed by atoms with Crippen LogP contribution in [0.5, 0.6) is 5.75 Å². The first-order valence-electron chi connectivity index (χ1n) is 6.80. The molecule has 0 bridgehead atoms. The number of para-hydroxylation sites is 1. The van der Waals surface area contributed by atoms with Gasteiger partial charge in [-0.2, -0.15) is 0 Å². The number of hydrogen-bond donors (Lipinski definition) is 1. The van der Waals surface area contributed by atoms with E-state index in [1.54, 1.807) is 43.3 Å². The number of rotatable bonds is 4. The topological polar surface area (TPSA) is 55.6 Å². The Labute approximate surface area is 125 Å². The summed E-state index contributed by atoms with van der Waals surface area (Å²) in [6.45, 7) is 1.97. The quantitative estimate of drug-likeness (QED) is 0.878. The van der Waals surface area contributed by atoms with Gasteiger partial charge in [-0.3, -0.25) is 4.79 Å². The molecule has 1 amide bonds. The van der Waals surface area contributed by atoms with E-state index in [1.165, 1.54) is 0 Å². The SMILES string of the molecule is COc1ccccc1C(C)N(C)C(=O)c1cccc(N)c1. The van der Waals surface area contributed by atoms with E-state index < -0.39 is 0 Å². The van der Waals surface area contributed by atoms with Crippen LogP contribution in [0.3, 0.4) is 0 Å². The highest BCUT2D eigenvalue weighted by Gasteiger charge is 2.21. The van der Waals surface area contributed by atoms with Gasteiger partial charge in [0.25, 0.3) is 5.91 Å². The molecule has 2 rings (SSSR count). The Morgan fingerprint density at radius 3 is 2.57 bits per heavy atom. The minimum absolute atomic E-state index is 0.0688. The molecule has 0 aliphatic rings. The van der Waals surface area contributed by atoms with Crippen LogP contribution in [0.2, 0.25) is 0 Å². The van der Waals surface area contributed by atoms with Gasteiger partial charge >= 0.3 is 0 Å². The first-order chi connectivity index (χ1) is 10.0. The predicted molar refractivity (Wildman–Crippen MR) is 84.4 cm³/mol. The van der Waals surface area contributed by atoms with E-state index in [-0.39, 0.29) is 11.9 Å². The number of carbonyl (C=O) groups is 1. The third-order valence-electron chi connectivity index (χ3n) is 3.62. The monoisotopic (exact) mass is 284 g/mol. The number of ether oxygens (including phenoxy) is 1.